The second-order valence-corrected chi connectivity index (χ2v) is 8.41. The number of hydrogen-bond acceptors (Lipinski definition) is 5. The number of benzene rings is 1. The minimum atomic E-state index is -1.16. The van der Waals surface area contributed by atoms with Gasteiger partial charge in [0.05, 0.1) is 6.42 Å². The second kappa shape index (κ2) is 8.65. The van der Waals surface area contributed by atoms with Gasteiger partial charge in [0.25, 0.3) is 5.91 Å². The van der Waals surface area contributed by atoms with Crippen LogP contribution in [0.4, 0.5) is 4.39 Å². The number of esters is 1. The van der Waals surface area contributed by atoms with Gasteiger partial charge in [-0.25, -0.2) is 4.39 Å². The SMILES string of the molecule is Cc1cc(C(=O)CCC(=O)OC(C(=O)NC2CC2)c2ccc(F)cc2)c(C)s1. The number of amides is 1. The number of thiophene rings is 1. The molecule has 1 aliphatic rings. The third-order valence-corrected chi connectivity index (χ3v) is 5.45. The number of aryl methyl sites for hydroxylation is 2. The average Bonchev–Trinajstić information content (AvgIpc) is 3.40. The molecule has 0 radical (unpaired) electrons. The van der Waals surface area contributed by atoms with Gasteiger partial charge in [0.1, 0.15) is 5.82 Å². The number of carbonyl (C=O) groups excluding carboxylic acids is 3. The monoisotopic (exact) mass is 403 g/mol. The summed E-state index contributed by atoms with van der Waals surface area (Å²) in [5, 5.41) is 2.80. The maximum absolute atomic E-state index is 13.2. The number of nitrogens with one attached hydrogen (secondary N) is 1. The normalized spacial score (nSPS) is 14.4. The third kappa shape index (κ3) is 5.25. The third-order valence-electron chi connectivity index (χ3n) is 4.48. The molecule has 0 aliphatic heterocycles. The first-order chi connectivity index (χ1) is 13.3. The second-order valence-electron chi connectivity index (χ2n) is 6.95. The topological polar surface area (TPSA) is 72.5 Å². The number of halogens is 1. The van der Waals surface area contributed by atoms with Crippen LogP contribution in [0, 0.1) is 19.7 Å². The highest BCUT2D eigenvalue weighted by Gasteiger charge is 2.31. The van der Waals surface area contributed by atoms with Gasteiger partial charge >= 0.3 is 5.97 Å². The molecule has 1 amide bonds. The van der Waals surface area contributed by atoms with E-state index >= 15 is 0 Å². The average molecular weight is 403 g/mol. The van der Waals surface area contributed by atoms with Crippen LogP contribution in [0.3, 0.4) is 0 Å². The van der Waals surface area contributed by atoms with Crippen molar-refractivity contribution in [1.29, 1.82) is 0 Å². The van der Waals surface area contributed by atoms with Gasteiger partial charge in [0.15, 0.2) is 5.78 Å². The van der Waals surface area contributed by atoms with Gasteiger partial charge in [0.2, 0.25) is 6.10 Å². The predicted molar refractivity (Wildman–Crippen MR) is 104 cm³/mol. The number of ketones is 1. The van der Waals surface area contributed by atoms with Crippen LogP contribution in [0.15, 0.2) is 30.3 Å². The molecule has 148 valence electrons. The van der Waals surface area contributed by atoms with Crippen molar-refractivity contribution in [2.75, 3.05) is 0 Å². The van der Waals surface area contributed by atoms with E-state index in [1.807, 2.05) is 19.9 Å². The molecule has 1 aromatic heterocycles. The molecule has 1 saturated carbocycles. The first-order valence-corrected chi connectivity index (χ1v) is 10.0. The minimum absolute atomic E-state index is 0.0101. The Morgan fingerprint density at radius 3 is 2.43 bits per heavy atom. The van der Waals surface area contributed by atoms with E-state index in [0.717, 1.165) is 22.6 Å². The van der Waals surface area contributed by atoms with Crippen LogP contribution >= 0.6 is 11.3 Å². The van der Waals surface area contributed by atoms with E-state index in [4.69, 9.17) is 4.74 Å². The van der Waals surface area contributed by atoms with Crippen LogP contribution in [0.1, 0.15) is 57.5 Å². The molecular weight excluding hydrogens is 381 g/mol. The Labute approximate surface area is 166 Å². The highest BCUT2D eigenvalue weighted by atomic mass is 32.1. The lowest BCUT2D eigenvalue weighted by Gasteiger charge is -2.18. The van der Waals surface area contributed by atoms with Crippen LogP contribution in [0.25, 0.3) is 0 Å². The molecule has 0 saturated heterocycles. The molecule has 3 rings (SSSR count). The lowest BCUT2D eigenvalue weighted by molar-refractivity contribution is -0.156. The summed E-state index contributed by atoms with van der Waals surface area (Å²) in [7, 11) is 0. The van der Waals surface area contributed by atoms with Gasteiger partial charge < -0.3 is 10.1 Å². The summed E-state index contributed by atoms with van der Waals surface area (Å²) in [6.45, 7) is 3.80. The molecule has 5 nitrogen and oxygen atoms in total. The lowest BCUT2D eigenvalue weighted by Crippen LogP contribution is -2.33. The van der Waals surface area contributed by atoms with Gasteiger partial charge in [0, 0.05) is 33.3 Å². The van der Waals surface area contributed by atoms with E-state index < -0.39 is 23.8 Å². The van der Waals surface area contributed by atoms with Crippen molar-refractivity contribution in [1.82, 2.24) is 5.32 Å². The summed E-state index contributed by atoms with van der Waals surface area (Å²) in [4.78, 5) is 39.1. The molecule has 28 heavy (non-hydrogen) atoms. The van der Waals surface area contributed by atoms with Gasteiger partial charge in [-0.05, 0) is 44.9 Å². The Bertz CT molecular complexity index is 886. The number of carbonyl (C=O) groups is 3. The van der Waals surface area contributed by atoms with Crippen molar-refractivity contribution >= 4 is 29.0 Å². The van der Waals surface area contributed by atoms with Crippen LogP contribution in [0.5, 0.6) is 0 Å². The molecule has 1 aliphatic carbocycles. The van der Waals surface area contributed by atoms with Crippen molar-refractivity contribution in [2.24, 2.45) is 0 Å². The molecule has 1 N–H and O–H groups in total. The van der Waals surface area contributed by atoms with Crippen LogP contribution in [-0.2, 0) is 14.3 Å². The summed E-state index contributed by atoms with van der Waals surface area (Å²) in [6.07, 6.45) is 0.513. The smallest absolute Gasteiger partial charge is 0.307 e. The fraction of sp³-hybridized carbons (Fsp3) is 0.381. The zero-order valence-electron chi connectivity index (χ0n) is 15.8. The van der Waals surface area contributed by atoms with Crippen LogP contribution in [-0.4, -0.2) is 23.7 Å². The molecule has 1 atom stereocenters. The standard InChI is InChI=1S/C21H22FNO4S/c1-12-11-17(13(2)28-12)18(24)9-10-19(25)27-20(21(26)23-16-7-8-16)14-3-5-15(22)6-4-14/h3-6,11,16,20H,7-10H2,1-2H3,(H,23,26). The van der Waals surface area contributed by atoms with Gasteiger partial charge in [-0.3, -0.25) is 14.4 Å². The first-order valence-electron chi connectivity index (χ1n) is 9.19. The van der Waals surface area contributed by atoms with E-state index in [9.17, 15) is 18.8 Å². The van der Waals surface area contributed by atoms with Crippen molar-refractivity contribution in [3.05, 3.63) is 57.0 Å². The Kier molecular flexibility index (Phi) is 6.24. The largest absolute Gasteiger partial charge is 0.447 e. The van der Waals surface area contributed by atoms with E-state index in [-0.39, 0.29) is 24.7 Å². The van der Waals surface area contributed by atoms with E-state index in [1.165, 1.54) is 35.6 Å². The minimum Gasteiger partial charge on any atom is -0.447 e. The quantitative estimate of drug-likeness (QED) is 0.534. The van der Waals surface area contributed by atoms with Crippen molar-refractivity contribution in [3.63, 3.8) is 0 Å². The summed E-state index contributed by atoms with van der Waals surface area (Å²) in [6, 6.07) is 7.18. The molecular formula is C21H22FNO4S. The zero-order chi connectivity index (χ0) is 20.3. The zero-order valence-corrected chi connectivity index (χ0v) is 16.6. The molecule has 2 aromatic rings. The number of Topliss-reactive ketones (excluding diaryl/α,β-unsaturated/α-hetero) is 1. The Hall–Kier alpha value is -2.54. The summed E-state index contributed by atoms with van der Waals surface area (Å²) < 4.78 is 18.6. The van der Waals surface area contributed by atoms with Crippen LogP contribution < -0.4 is 5.32 Å². The highest BCUT2D eigenvalue weighted by Crippen LogP contribution is 2.25. The van der Waals surface area contributed by atoms with Crippen molar-refractivity contribution in [2.45, 2.75) is 51.7 Å². The predicted octanol–water partition coefficient (Wildman–Crippen LogP) is 4.03. The number of ether oxygens (including phenoxy) is 1. The molecule has 0 bridgehead atoms. The molecule has 1 aromatic carbocycles. The molecule has 1 heterocycles. The van der Waals surface area contributed by atoms with E-state index in [0.29, 0.717) is 11.1 Å². The number of rotatable bonds is 8. The Balaban J connectivity index is 1.63. The van der Waals surface area contributed by atoms with Crippen molar-refractivity contribution < 1.29 is 23.5 Å². The molecule has 1 unspecified atom stereocenters. The molecule has 0 spiro atoms. The Morgan fingerprint density at radius 1 is 1.18 bits per heavy atom. The molecule has 7 heteroatoms. The van der Waals surface area contributed by atoms with Crippen molar-refractivity contribution in [3.8, 4) is 0 Å². The van der Waals surface area contributed by atoms with Gasteiger partial charge in [-0.1, -0.05) is 12.1 Å². The summed E-state index contributed by atoms with van der Waals surface area (Å²) >= 11 is 1.54. The highest BCUT2D eigenvalue weighted by molar-refractivity contribution is 7.12. The lowest BCUT2D eigenvalue weighted by atomic mass is 10.1. The van der Waals surface area contributed by atoms with Crippen LogP contribution in [0.2, 0.25) is 0 Å². The van der Waals surface area contributed by atoms with E-state index in [1.54, 1.807) is 0 Å². The fourth-order valence-electron chi connectivity index (χ4n) is 2.86. The first kappa shape index (κ1) is 20.2. The Morgan fingerprint density at radius 2 is 1.86 bits per heavy atom. The van der Waals surface area contributed by atoms with Gasteiger partial charge in [-0.15, -0.1) is 11.3 Å². The molecule has 1 fully saturated rings. The fourth-order valence-corrected chi connectivity index (χ4v) is 3.81. The van der Waals surface area contributed by atoms with Gasteiger partial charge in [-0.2, -0.15) is 0 Å². The summed E-state index contributed by atoms with van der Waals surface area (Å²) in [5.41, 5.74) is 1.01. The maximum Gasteiger partial charge on any atom is 0.307 e. The number of hydrogen-bond donors (Lipinski definition) is 1. The summed E-state index contributed by atoms with van der Waals surface area (Å²) in [5.74, 6) is -1.64. The maximum atomic E-state index is 13.2. The van der Waals surface area contributed by atoms with E-state index in [2.05, 4.69) is 5.32 Å².